The molecule has 1 aliphatic rings. The van der Waals surface area contributed by atoms with E-state index >= 15 is 0 Å². The fraction of sp³-hybridized carbons (Fsp3) is 0.333. The molecule has 0 unspecified atom stereocenters. The molecule has 3 rings (SSSR count). The molecule has 1 heterocycles. The number of rotatable bonds is 5. The van der Waals surface area contributed by atoms with E-state index in [1.165, 1.54) is 10.4 Å². The number of benzene rings is 2. The van der Waals surface area contributed by atoms with Crippen LogP contribution in [0.1, 0.15) is 11.1 Å². The van der Waals surface area contributed by atoms with Crippen LogP contribution in [0.5, 0.6) is 0 Å². The van der Waals surface area contributed by atoms with E-state index in [0.29, 0.717) is 31.9 Å². The lowest BCUT2D eigenvalue weighted by Crippen LogP contribution is -2.55. The quantitative estimate of drug-likeness (QED) is 0.728. The molecule has 7 nitrogen and oxygen atoms in total. The predicted molar refractivity (Wildman–Crippen MR) is 101 cm³/mol. The fourth-order valence-corrected chi connectivity index (χ4v) is 4.74. The highest BCUT2D eigenvalue weighted by molar-refractivity contribution is 7.89. The monoisotopic (exact) mass is 375 g/mol. The van der Waals surface area contributed by atoms with Gasteiger partial charge in [0.15, 0.2) is 0 Å². The topological polar surface area (TPSA) is 92.5 Å². The Labute approximate surface area is 153 Å². The van der Waals surface area contributed by atoms with Crippen LogP contribution in [0, 0.1) is 18.8 Å². The largest absolute Gasteiger partial charge is 0.354 e. The first-order valence-electron chi connectivity index (χ1n) is 8.48. The molecule has 0 spiro atoms. The third-order valence-corrected chi connectivity index (χ3v) is 6.23. The molecular formula is C18H23N4O3S+. The molecule has 3 N–H and O–H groups in total. The maximum Gasteiger partial charge on any atom is 0.254 e. The van der Waals surface area contributed by atoms with Gasteiger partial charge in [-0.15, -0.1) is 0 Å². The molecule has 1 aliphatic heterocycles. The molecule has 2 aromatic carbocycles. The Hall–Kier alpha value is -2.29. The van der Waals surface area contributed by atoms with E-state index < -0.39 is 10.0 Å². The summed E-state index contributed by atoms with van der Waals surface area (Å²) in [5.74, 6) is 0. The number of nitrogens with one attached hydrogen (secondary N) is 3. The summed E-state index contributed by atoms with van der Waals surface area (Å²) in [6.07, 6.45) is 0. The van der Waals surface area contributed by atoms with Crippen molar-refractivity contribution in [1.82, 2.24) is 9.62 Å². The molecule has 8 heteroatoms. The molecule has 0 amide bonds. The zero-order valence-corrected chi connectivity index (χ0v) is 15.7. The number of hydrogen-bond donors (Lipinski definition) is 3. The molecule has 1 fully saturated rings. The van der Waals surface area contributed by atoms with Crippen LogP contribution >= 0.6 is 0 Å². The van der Waals surface area contributed by atoms with Crippen LogP contribution in [0.25, 0.3) is 0 Å². The number of anilines is 2. The van der Waals surface area contributed by atoms with Crippen molar-refractivity contribution in [3.8, 4) is 0 Å². The van der Waals surface area contributed by atoms with Gasteiger partial charge >= 0.3 is 0 Å². The van der Waals surface area contributed by atoms with Gasteiger partial charge in [0.1, 0.15) is 4.90 Å². The van der Waals surface area contributed by atoms with Crippen molar-refractivity contribution in [3.63, 3.8) is 0 Å². The molecule has 0 bridgehead atoms. The third-order valence-electron chi connectivity index (χ3n) is 4.29. The number of nitroso groups, excluding NO2 is 1. The second kappa shape index (κ2) is 7.53. The second-order valence-corrected chi connectivity index (χ2v) is 8.37. The lowest BCUT2D eigenvalue weighted by atomic mass is 10.1. The number of hydrogen-bond acceptors (Lipinski definition) is 5. The maximum atomic E-state index is 13.1. The van der Waals surface area contributed by atoms with Crippen molar-refractivity contribution in [2.24, 2.45) is 0 Å². The highest BCUT2D eigenvalue weighted by Gasteiger charge is 2.29. The zero-order chi connectivity index (χ0) is 18.7. The second-order valence-electron chi connectivity index (χ2n) is 6.47. The highest BCUT2D eigenvalue weighted by Crippen LogP contribution is 2.30. The van der Waals surface area contributed by atoms with E-state index in [9.17, 15) is 13.3 Å². The molecule has 138 valence electrons. The van der Waals surface area contributed by atoms with Crippen molar-refractivity contribution < 1.29 is 13.6 Å². The Morgan fingerprint density at radius 3 is 2.31 bits per heavy atom. The van der Waals surface area contributed by atoms with E-state index in [1.807, 2.05) is 32.0 Å². The summed E-state index contributed by atoms with van der Waals surface area (Å²) < 4.78 is 27.7. The molecule has 0 saturated carbocycles. The summed E-state index contributed by atoms with van der Waals surface area (Å²) in [6, 6.07) is 10.5. The molecule has 2 aromatic rings. The van der Waals surface area contributed by atoms with E-state index in [0.717, 1.165) is 16.8 Å². The average Bonchev–Trinajstić information content (AvgIpc) is 2.62. The van der Waals surface area contributed by atoms with E-state index in [1.54, 1.807) is 17.3 Å². The minimum absolute atomic E-state index is 0.0967. The minimum atomic E-state index is -3.71. The lowest BCUT2D eigenvalue weighted by Gasteiger charge is -2.27. The summed E-state index contributed by atoms with van der Waals surface area (Å²) in [4.78, 5) is 11.2. The van der Waals surface area contributed by atoms with Crippen molar-refractivity contribution in [3.05, 3.63) is 52.4 Å². The summed E-state index contributed by atoms with van der Waals surface area (Å²) >= 11 is 0. The SMILES string of the molecule is Cc1cc(C)cc(Nc2ccc([NH+]=O)cc2S(=O)(=O)N2CCNCC2)c1. The van der Waals surface area contributed by atoms with Crippen LogP contribution < -0.4 is 15.8 Å². The Morgan fingerprint density at radius 1 is 1.04 bits per heavy atom. The summed E-state index contributed by atoms with van der Waals surface area (Å²) in [5.41, 5.74) is 3.63. The van der Waals surface area contributed by atoms with Gasteiger partial charge in [-0.1, -0.05) is 6.07 Å². The summed E-state index contributed by atoms with van der Waals surface area (Å²) in [5, 5.41) is 8.12. The van der Waals surface area contributed by atoms with E-state index in [-0.39, 0.29) is 10.6 Å². The predicted octanol–water partition coefficient (Wildman–Crippen LogP) is 1.12. The number of sulfonamides is 1. The zero-order valence-electron chi connectivity index (χ0n) is 14.9. The number of nitrogens with zero attached hydrogens (tertiary/aromatic N) is 1. The van der Waals surface area contributed by atoms with Crippen molar-refractivity contribution in [2.75, 3.05) is 31.5 Å². The van der Waals surface area contributed by atoms with E-state index in [4.69, 9.17) is 0 Å². The first-order chi connectivity index (χ1) is 12.4. The molecular weight excluding hydrogens is 352 g/mol. The first-order valence-corrected chi connectivity index (χ1v) is 9.92. The van der Waals surface area contributed by atoms with Crippen LogP contribution in [-0.2, 0) is 10.0 Å². The van der Waals surface area contributed by atoms with Gasteiger partial charge in [-0.2, -0.15) is 4.31 Å². The van der Waals surface area contributed by atoms with Gasteiger partial charge in [-0.05, 0) is 43.2 Å². The van der Waals surface area contributed by atoms with Gasteiger partial charge in [0, 0.05) is 54.1 Å². The normalized spacial score (nSPS) is 15.6. The molecule has 26 heavy (non-hydrogen) atoms. The van der Waals surface area contributed by atoms with Gasteiger partial charge in [0.05, 0.1) is 5.69 Å². The third kappa shape index (κ3) is 3.92. The number of aryl methyl sites for hydroxylation is 2. The van der Waals surface area contributed by atoms with Crippen molar-refractivity contribution in [1.29, 1.82) is 0 Å². The molecule has 0 aliphatic carbocycles. The Morgan fingerprint density at radius 2 is 1.69 bits per heavy atom. The van der Waals surface area contributed by atoms with Crippen LogP contribution in [0.15, 0.2) is 41.3 Å². The van der Waals surface area contributed by atoms with Crippen LogP contribution in [0.2, 0.25) is 0 Å². The Bertz CT molecular complexity index is 902. The Kier molecular flexibility index (Phi) is 5.36. The smallest absolute Gasteiger partial charge is 0.254 e. The number of piperazine rings is 1. The van der Waals surface area contributed by atoms with Crippen LogP contribution in [0.3, 0.4) is 0 Å². The first kappa shape index (κ1) is 18.5. The summed E-state index contributed by atoms with van der Waals surface area (Å²) in [6.45, 7) is 6.00. The van der Waals surface area contributed by atoms with Gasteiger partial charge in [0.25, 0.3) is 5.69 Å². The van der Waals surface area contributed by atoms with Crippen molar-refractivity contribution in [2.45, 2.75) is 18.7 Å². The van der Waals surface area contributed by atoms with E-state index in [2.05, 4.69) is 10.6 Å². The highest BCUT2D eigenvalue weighted by atomic mass is 32.2. The van der Waals surface area contributed by atoms with Crippen molar-refractivity contribution >= 4 is 27.1 Å². The average molecular weight is 375 g/mol. The van der Waals surface area contributed by atoms with Gasteiger partial charge in [-0.3, -0.25) is 0 Å². The lowest BCUT2D eigenvalue weighted by molar-refractivity contribution is -0.379. The fourth-order valence-electron chi connectivity index (χ4n) is 3.13. The van der Waals surface area contributed by atoms with Gasteiger partial charge in [0.2, 0.25) is 10.0 Å². The molecule has 0 atom stereocenters. The standard InChI is InChI=1S/C18H22N4O3S/c1-13-9-14(2)11-16(10-13)20-17-4-3-15(21-23)12-18(17)26(24,25)22-7-5-19-6-8-22/h3-4,9-12,19-20H,5-8H2,1-2H3/p+1. The minimum Gasteiger partial charge on any atom is -0.354 e. The molecule has 1 saturated heterocycles. The Balaban J connectivity index is 2.04. The van der Waals surface area contributed by atoms with Crippen LogP contribution in [-0.4, -0.2) is 38.9 Å². The maximum absolute atomic E-state index is 13.1. The molecule has 0 radical (unpaired) electrons. The summed E-state index contributed by atoms with van der Waals surface area (Å²) in [7, 11) is -3.71. The van der Waals surface area contributed by atoms with Gasteiger partial charge in [-0.25, -0.2) is 8.42 Å². The van der Waals surface area contributed by atoms with Gasteiger partial charge < -0.3 is 10.6 Å². The molecule has 0 aromatic heterocycles. The van der Waals surface area contributed by atoms with Crippen LogP contribution in [0.4, 0.5) is 17.1 Å².